The van der Waals surface area contributed by atoms with Crippen LogP contribution >= 0.6 is 0 Å². The Morgan fingerprint density at radius 1 is 0.857 bits per heavy atom. The van der Waals surface area contributed by atoms with Gasteiger partial charge in [0.2, 0.25) is 0 Å². The predicted molar refractivity (Wildman–Crippen MR) is 111 cm³/mol. The molecule has 0 amide bonds. The lowest BCUT2D eigenvalue weighted by Gasteiger charge is -2.25. The molecule has 0 heterocycles. The summed E-state index contributed by atoms with van der Waals surface area (Å²) in [4.78, 5) is 13.7. The number of aryl methyl sites for hydroxylation is 1. The molecule has 28 heavy (non-hydrogen) atoms. The van der Waals surface area contributed by atoms with Crippen molar-refractivity contribution >= 4 is 11.7 Å². The molecule has 4 nitrogen and oxygen atoms in total. The van der Waals surface area contributed by atoms with E-state index in [0.29, 0.717) is 12.8 Å². The summed E-state index contributed by atoms with van der Waals surface area (Å²) in [5.74, 6) is 0.0634. The van der Waals surface area contributed by atoms with E-state index in [-0.39, 0.29) is 11.7 Å². The molecule has 0 fully saturated rings. The van der Waals surface area contributed by atoms with Crippen molar-refractivity contribution in [3.63, 3.8) is 0 Å². The first kappa shape index (κ1) is 19.5. The van der Waals surface area contributed by atoms with Crippen LogP contribution in [0.5, 0.6) is 5.75 Å². The summed E-state index contributed by atoms with van der Waals surface area (Å²) in [6.07, 6.45) is 1.05. The molecule has 4 heteroatoms. The second-order valence-electron chi connectivity index (χ2n) is 6.75. The first-order valence-corrected chi connectivity index (χ1v) is 9.36. The van der Waals surface area contributed by atoms with Crippen molar-refractivity contribution in [2.24, 2.45) is 0 Å². The Kier molecular flexibility index (Phi) is 6.68. The molecule has 144 valence electrons. The number of esters is 1. The Balaban J connectivity index is 1.79. The van der Waals surface area contributed by atoms with Gasteiger partial charge in [-0.3, -0.25) is 4.79 Å². The third-order valence-corrected chi connectivity index (χ3v) is 4.64. The van der Waals surface area contributed by atoms with E-state index >= 15 is 0 Å². The van der Waals surface area contributed by atoms with Crippen LogP contribution in [0.2, 0.25) is 0 Å². The molecular weight excluding hydrogens is 350 g/mol. The molecule has 0 aliphatic rings. The van der Waals surface area contributed by atoms with Gasteiger partial charge in [-0.15, -0.1) is 0 Å². The largest absolute Gasteiger partial charge is 0.508 e. The number of ether oxygens (including phenoxy) is 1. The molecule has 0 aliphatic carbocycles. The van der Waals surface area contributed by atoms with Gasteiger partial charge in [-0.05, 0) is 47.4 Å². The summed E-state index contributed by atoms with van der Waals surface area (Å²) in [5.41, 5.74) is 4.55. The summed E-state index contributed by atoms with van der Waals surface area (Å²) in [6.45, 7) is 1.49. The molecule has 0 radical (unpaired) electrons. The van der Waals surface area contributed by atoms with Crippen LogP contribution in [-0.2, 0) is 29.0 Å². The maximum Gasteiger partial charge on any atom is 0.305 e. The quantitative estimate of drug-likeness (QED) is 0.580. The highest BCUT2D eigenvalue weighted by Crippen LogP contribution is 2.23. The number of hydrogen-bond donors (Lipinski definition) is 1. The molecule has 0 spiro atoms. The fourth-order valence-corrected chi connectivity index (χ4v) is 3.16. The van der Waals surface area contributed by atoms with Crippen molar-refractivity contribution in [1.29, 1.82) is 0 Å². The minimum absolute atomic E-state index is 0.194. The number of phenols is 1. The zero-order valence-corrected chi connectivity index (χ0v) is 16.0. The topological polar surface area (TPSA) is 49.8 Å². The maximum absolute atomic E-state index is 11.4. The number of aromatic hydroxyl groups is 1. The summed E-state index contributed by atoms with van der Waals surface area (Å²) in [5, 5.41) is 9.62. The van der Waals surface area contributed by atoms with Gasteiger partial charge in [0.25, 0.3) is 0 Å². The van der Waals surface area contributed by atoms with Crippen molar-refractivity contribution in [2.75, 3.05) is 12.0 Å². The number of anilines is 1. The highest BCUT2D eigenvalue weighted by Gasteiger charge is 2.10. The monoisotopic (exact) mass is 375 g/mol. The number of carbonyl (C=O) groups excluding carboxylic acids is 1. The molecule has 3 aromatic carbocycles. The molecule has 0 atom stereocenters. The minimum atomic E-state index is -0.194. The van der Waals surface area contributed by atoms with Crippen LogP contribution in [0, 0.1) is 0 Å². The van der Waals surface area contributed by atoms with Crippen LogP contribution < -0.4 is 4.90 Å². The van der Waals surface area contributed by atoms with Gasteiger partial charge in [-0.2, -0.15) is 0 Å². The minimum Gasteiger partial charge on any atom is -0.508 e. The van der Waals surface area contributed by atoms with Crippen molar-refractivity contribution in [1.82, 2.24) is 0 Å². The third-order valence-electron chi connectivity index (χ3n) is 4.64. The number of rotatable bonds is 8. The standard InChI is InChI=1S/C24H25NO3/c1-28-24(27)15-10-19-8-5-9-21(16-19)18-25(17-20-6-3-2-4-7-20)22-11-13-23(26)14-12-22/h2-9,11-14,16,26H,10,15,17-18H2,1H3. The van der Waals surface area contributed by atoms with Crippen LogP contribution in [-0.4, -0.2) is 18.2 Å². The molecule has 3 aromatic rings. The zero-order chi connectivity index (χ0) is 19.8. The molecule has 0 aliphatic heterocycles. The highest BCUT2D eigenvalue weighted by molar-refractivity contribution is 5.69. The van der Waals surface area contributed by atoms with E-state index in [4.69, 9.17) is 4.74 Å². The molecule has 0 bridgehead atoms. The Labute approximate surface area is 166 Å². The van der Waals surface area contributed by atoms with E-state index in [0.717, 1.165) is 24.3 Å². The lowest BCUT2D eigenvalue weighted by molar-refractivity contribution is -0.140. The smallest absolute Gasteiger partial charge is 0.305 e. The van der Waals surface area contributed by atoms with E-state index in [1.807, 2.05) is 42.5 Å². The normalized spacial score (nSPS) is 10.5. The summed E-state index contributed by atoms with van der Waals surface area (Å²) < 4.78 is 4.73. The van der Waals surface area contributed by atoms with Gasteiger partial charge in [0.1, 0.15) is 5.75 Å². The molecule has 0 aromatic heterocycles. The van der Waals surface area contributed by atoms with Crippen LogP contribution in [0.15, 0.2) is 78.9 Å². The number of phenolic OH excluding ortho intramolecular Hbond substituents is 1. The van der Waals surface area contributed by atoms with Gasteiger partial charge in [-0.25, -0.2) is 0 Å². The van der Waals surface area contributed by atoms with Gasteiger partial charge >= 0.3 is 5.97 Å². The number of carbonyl (C=O) groups is 1. The first-order chi connectivity index (χ1) is 13.6. The molecule has 0 unspecified atom stereocenters. The van der Waals surface area contributed by atoms with Crippen molar-refractivity contribution in [3.05, 3.63) is 95.6 Å². The zero-order valence-electron chi connectivity index (χ0n) is 16.0. The summed E-state index contributed by atoms with van der Waals surface area (Å²) in [7, 11) is 1.41. The molecule has 0 saturated heterocycles. The molecule has 1 N–H and O–H groups in total. The molecule has 0 saturated carbocycles. The highest BCUT2D eigenvalue weighted by atomic mass is 16.5. The average molecular weight is 375 g/mol. The molecule has 3 rings (SSSR count). The number of methoxy groups -OCH3 is 1. The van der Waals surface area contributed by atoms with Crippen LogP contribution in [0.4, 0.5) is 5.69 Å². The first-order valence-electron chi connectivity index (χ1n) is 9.36. The number of nitrogens with zero attached hydrogens (tertiary/aromatic N) is 1. The van der Waals surface area contributed by atoms with Gasteiger partial charge in [0, 0.05) is 25.2 Å². The van der Waals surface area contributed by atoms with Gasteiger partial charge < -0.3 is 14.7 Å². The van der Waals surface area contributed by atoms with Crippen molar-refractivity contribution in [2.45, 2.75) is 25.9 Å². The van der Waals surface area contributed by atoms with Gasteiger partial charge in [0.15, 0.2) is 0 Å². The third kappa shape index (κ3) is 5.61. The lowest BCUT2D eigenvalue weighted by atomic mass is 10.1. The maximum atomic E-state index is 11.4. The second-order valence-corrected chi connectivity index (χ2v) is 6.75. The summed E-state index contributed by atoms with van der Waals surface area (Å²) in [6, 6.07) is 25.9. The van der Waals surface area contributed by atoms with Gasteiger partial charge in [0.05, 0.1) is 7.11 Å². The Hall–Kier alpha value is -3.27. The Morgan fingerprint density at radius 3 is 2.21 bits per heavy atom. The second kappa shape index (κ2) is 9.60. The van der Waals surface area contributed by atoms with Crippen LogP contribution in [0.25, 0.3) is 0 Å². The van der Waals surface area contributed by atoms with E-state index in [2.05, 4.69) is 29.2 Å². The lowest BCUT2D eigenvalue weighted by Crippen LogP contribution is -2.22. The predicted octanol–water partition coefficient (Wildman–Crippen LogP) is 4.70. The van der Waals surface area contributed by atoms with E-state index < -0.39 is 0 Å². The van der Waals surface area contributed by atoms with Crippen molar-refractivity contribution in [3.8, 4) is 5.75 Å². The van der Waals surface area contributed by atoms with E-state index in [9.17, 15) is 9.90 Å². The fourth-order valence-electron chi connectivity index (χ4n) is 3.16. The Morgan fingerprint density at radius 2 is 1.50 bits per heavy atom. The van der Waals surface area contributed by atoms with E-state index in [1.54, 1.807) is 12.1 Å². The summed E-state index contributed by atoms with van der Waals surface area (Å²) >= 11 is 0. The van der Waals surface area contributed by atoms with Crippen LogP contribution in [0.1, 0.15) is 23.1 Å². The van der Waals surface area contributed by atoms with Crippen LogP contribution in [0.3, 0.4) is 0 Å². The van der Waals surface area contributed by atoms with E-state index in [1.165, 1.54) is 18.2 Å². The SMILES string of the molecule is COC(=O)CCc1cccc(CN(Cc2ccccc2)c2ccc(O)cc2)c1. The molecular formula is C24H25NO3. The fraction of sp³-hybridized carbons (Fsp3) is 0.208. The Bertz CT molecular complexity index is 891. The average Bonchev–Trinajstić information content (AvgIpc) is 2.73. The number of hydrogen-bond acceptors (Lipinski definition) is 4. The van der Waals surface area contributed by atoms with Gasteiger partial charge in [-0.1, -0.05) is 54.6 Å². The number of benzene rings is 3. The van der Waals surface area contributed by atoms with Crippen molar-refractivity contribution < 1.29 is 14.6 Å².